The van der Waals surface area contributed by atoms with Crippen molar-refractivity contribution < 1.29 is 9.59 Å². The van der Waals surface area contributed by atoms with Crippen molar-refractivity contribution in [3.8, 4) is 0 Å². The first-order chi connectivity index (χ1) is 15.4. The highest BCUT2D eigenvalue weighted by Gasteiger charge is 2.36. The Bertz CT molecular complexity index is 1230. The first-order valence-electron chi connectivity index (χ1n) is 10.4. The molecule has 2 aliphatic heterocycles. The van der Waals surface area contributed by atoms with Crippen LogP contribution in [-0.4, -0.2) is 39.8 Å². The van der Waals surface area contributed by atoms with Crippen LogP contribution < -0.4 is 4.90 Å². The number of hydrogen-bond acceptors (Lipinski definition) is 4. The van der Waals surface area contributed by atoms with Crippen LogP contribution >= 0.6 is 23.2 Å². The number of rotatable bonds is 4. The third-order valence-corrected chi connectivity index (χ3v) is 6.63. The number of nitrogens with zero attached hydrogens (tertiary/aromatic N) is 4. The molecule has 0 aliphatic carbocycles. The van der Waals surface area contributed by atoms with Crippen molar-refractivity contribution in [3.05, 3.63) is 87.4 Å². The summed E-state index contributed by atoms with van der Waals surface area (Å²) in [5.74, 6) is 0.128. The summed E-state index contributed by atoms with van der Waals surface area (Å²) in [6, 6.07) is 10.6. The molecule has 32 heavy (non-hydrogen) atoms. The van der Waals surface area contributed by atoms with Gasteiger partial charge in [-0.15, -0.1) is 0 Å². The first kappa shape index (κ1) is 20.9. The molecule has 1 atom stereocenters. The summed E-state index contributed by atoms with van der Waals surface area (Å²) in [4.78, 5) is 37.6. The van der Waals surface area contributed by atoms with Crippen molar-refractivity contribution in [1.82, 2.24) is 14.9 Å². The molecule has 4 heterocycles. The summed E-state index contributed by atoms with van der Waals surface area (Å²) in [6.07, 6.45) is 5.88. The topological polar surface area (TPSA) is 66.4 Å². The number of hydrogen-bond donors (Lipinski definition) is 0. The molecular formula is C24H20Cl2N4O2. The van der Waals surface area contributed by atoms with Gasteiger partial charge in [0.05, 0.1) is 22.9 Å². The van der Waals surface area contributed by atoms with Gasteiger partial charge >= 0.3 is 0 Å². The Morgan fingerprint density at radius 3 is 2.75 bits per heavy atom. The van der Waals surface area contributed by atoms with Crippen molar-refractivity contribution in [2.75, 3.05) is 18.0 Å². The molecular weight excluding hydrogens is 447 g/mol. The van der Waals surface area contributed by atoms with E-state index in [0.29, 0.717) is 34.6 Å². The Hall–Kier alpha value is -2.96. The zero-order valence-electron chi connectivity index (χ0n) is 17.3. The van der Waals surface area contributed by atoms with Crippen molar-refractivity contribution >= 4 is 40.7 Å². The summed E-state index contributed by atoms with van der Waals surface area (Å²) >= 11 is 12.2. The number of pyridine rings is 2. The van der Waals surface area contributed by atoms with Gasteiger partial charge in [0.15, 0.2) is 0 Å². The number of carbonyl (C=O) groups excluding carboxylic acids is 2. The number of halogens is 2. The van der Waals surface area contributed by atoms with E-state index in [1.54, 1.807) is 46.5 Å². The maximum Gasteiger partial charge on any atom is 0.274 e. The minimum absolute atomic E-state index is 0.0456. The highest BCUT2D eigenvalue weighted by atomic mass is 35.5. The summed E-state index contributed by atoms with van der Waals surface area (Å²) in [7, 11) is 0. The maximum atomic E-state index is 13.0. The second kappa shape index (κ2) is 8.19. The van der Waals surface area contributed by atoms with Crippen molar-refractivity contribution in [2.24, 2.45) is 5.92 Å². The second-order valence-corrected chi connectivity index (χ2v) is 9.09. The molecule has 0 radical (unpaired) electrons. The zero-order valence-corrected chi connectivity index (χ0v) is 18.8. The molecule has 2 amide bonds. The SMILES string of the molecule is CC1c2cc(Cl)ccc2C(=O)N1c1cncc(CC2CN(C(=O)c3ncccc3Cl)C2)c1. The Balaban J connectivity index is 1.27. The van der Waals surface area contributed by atoms with E-state index in [0.717, 1.165) is 23.2 Å². The quantitative estimate of drug-likeness (QED) is 0.552. The third-order valence-electron chi connectivity index (χ3n) is 6.09. The second-order valence-electron chi connectivity index (χ2n) is 8.25. The predicted octanol–water partition coefficient (Wildman–Crippen LogP) is 4.82. The fourth-order valence-corrected chi connectivity index (χ4v) is 4.85. The molecule has 0 saturated carbocycles. The fraction of sp³-hybridized carbons (Fsp3) is 0.250. The lowest BCUT2D eigenvalue weighted by Gasteiger charge is -2.39. The molecule has 1 unspecified atom stereocenters. The van der Waals surface area contributed by atoms with E-state index in [1.807, 2.05) is 25.3 Å². The summed E-state index contributed by atoms with van der Waals surface area (Å²) in [5.41, 5.74) is 3.68. The minimum Gasteiger partial charge on any atom is -0.337 e. The van der Waals surface area contributed by atoms with Gasteiger partial charge in [-0.25, -0.2) is 4.98 Å². The molecule has 0 spiro atoms. The van der Waals surface area contributed by atoms with E-state index in [1.165, 1.54) is 0 Å². The molecule has 3 aromatic rings. The van der Waals surface area contributed by atoms with E-state index in [-0.39, 0.29) is 23.6 Å². The fourth-order valence-electron chi connectivity index (χ4n) is 4.47. The normalized spacial score (nSPS) is 18.0. The Morgan fingerprint density at radius 2 is 1.97 bits per heavy atom. The van der Waals surface area contributed by atoms with Gasteiger partial charge in [-0.1, -0.05) is 23.2 Å². The molecule has 2 aliphatic rings. The molecule has 8 heteroatoms. The van der Waals surface area contributed by atoms with E-state index in [2.05, 4.69) is 9.97 Å². The molecule has 1 fully saturated rings. The Kier molecular flexibility index (Phi) is 5.35. The smallest absolute Gasteiger partial charge is 0.274 e. The largest absolute Gasteiger partial charge is 0.337 e. The van der Waals surface area contributed by atoms with Crippen LogP contribution in [0.25, 0.3) is 0 Å². The van der Waals surface area contributed by atoms with Gasteiger partial charge in [-0.3, -0.25) is 19.5 Å². The first-order valence-corrected chi connectivity index (χ1v) is 11.1. The average Bonchev–Trinajstić information content (AvgIpc) is 3.00. The number of carbonyl (C=O) groups is 2. The van der Waals surface area contributed by atoms with Crippen LogP contribution in [0.5, 0.6) is 0 Å². The maximum absolute atomic E-state index is 13.0. The van der Waals surface area contributed by atoms with Crippen LogP contribution in [0.1, 0.15) is 44.9 Å². The molecule has 0 bridgehead atoms. The van der Waals surface area contributed by atoms with Gasteiger partial charge in [-0.05, 0) is 66.8 Å². The van der Waals surface area contributed by atoms with Gasteiger partial charge in [0.25, 0.3) is 11.8 Å². The van der Waals surface area contributed by atoms with Crippen LogP contribution in [0.15, 0.2) is 55.0 Å². The van der Waals surface area contributed by atoms with E-state index < -0.39 is 0 Å². The van der Waals surface area contributed by atoms with E-state index >= 15 is 0 Å². The lowest BCUT2D eigenvalue weighted by atomic mass is 9.92. The molecule has 2 aromatic heterocycles. The lowest BCUT2D eigenvalue weighted by molar-refractivity contribution is 0.0495. The lowest BCUT2D eigenvalue weighted by Crippen LogP contribution is -2.51. The monoisotopic (exact) mass is 466 g/mol. The summed E-state index contributed by atoms with van der Waals surface area (Å²) in [5, 5.41) is 0.984. The van der Waals surface area contributed by atoms with Crippen LogP contribution in [0.4, 0.5) is 5.69 Å². The van der Waals surface area contributed by atoms with Crippen molar-refractivity contribution in [3.63, 3.8) is 0 Å². The molecule has 162 valence electrons. The van der Waals surface area contributed by atoms with Crippen LogP contribution in [-0.2, 0) is 6.42 Å². The molecule has 0 N–H and O–H groups in total. The minimum atomic E-state index is -0.147. The zero-order chi connectivity index (χ0) is 22.4. The van der Waals surface area contributed by atoms with Gasteiger partial charge in [0.1, 0.15) is 5.69 Å². The van der Waals surface area contributed by atoms with Gasteiger partial charge < -0.3 is 4.90 Å². The van der Waals surface area contributed by atoms with Gasteiger partial charge in [-0.2, -0.15) is 0 Å². The number of benzene rings is 1. The number of anilines is 1. The van der Waals surface area contributed by atoms with Crippen LogP contribution in [0, 0.1) is 5.92 Å². The molecule has 1 saturated heterocycles. The van der Waals surface area contributed by atoms with Gasteiger partial charge in [0.2, 0.25) is 0 Å². The summed E-state index contributed by atoms with van der Waals surface area (Å²) in [6.45, 7) is 3.27. The Morgan fingerprint density at radius 1 is 1.16 bits per heavy atom. The number of amides is 2. The van der Waals surface area contributed by atoms with Crippen LogP contribution in [0.3, 0.4) is 0 Å². The van der Waals surface area contributed by atoms with E-state index in [9.17, 15) is 9.59 Å². The van der Waals surface area contributed by atoms with Crippen molar-refractivity contribution in [2.45, 2.75) is 19.4 Å². The molecule has 5 rings (SSSR count). The van der Waals surface area contributed by atoms with E-state index in [4.69, 9.17) is 23.2 Å². The predicted molar refractivity (Wildman–Crippen MR) is 123 cm³/mol. The Labute approximate surface area is 195 Å². The van der Waals surface area contributed by atoms with Crippen molar-refractivity contribution in [1.29, 1.82) is 0 Å². The average molecular weight is 467 g/mol. The molecule has 6 nitrogen and oxygen atoms in total. The summed E-state index contributed by atoms with van der Waals surface area (Å²) < 4.78 is 0. The van der Waals surface area contributed by atoms with Gasteiger partial charge in [0, 0.05) is 36.1 Å². The highest BCUT2D eigenvalue weighted by Crippen LogP contribution is 2.38. The highest BCUT2D eigenvalue weighted by molar-refractivity contribution is 6.33. The third kappa shape index (κ3) is 3.63. The van der Waals surface area contributed by atoms with Crippen LogP contribution in [0.2, 0.25) is 10.0 Å². The number of fused-ring (bicyclic) bond motifs is 1. The number of likely N-dealkylation sites (tertiary alicyclic amines) is 1. The standard InChI is InChI=1S/C24H20Cl2N4O2/c1-14-20-9-17(25)4-5-19(20)23(31)30(14)18-8-15(10-27-11-18)7-16-12-29(13-16)24(32)22-21(26)3-2-6-28-22/h2-6,8-11,14,16H,7,12-13H2,1H3. The number of aromatic nitrogens is 2. The molecule has 1 aromatic carbocycles.